The third kappa shape index (κ3) is 4.63. The molecule has 0 aromatic heterocycles. The van der Waals surface area contributed by atoms with Crippen molar-refractivity contribution in [2.45, 2.75) is 11.4 Å². The summed E-state index contributed by atoms with van der Waals surface area (Å²) in [6.07, 6.45) is 0. The molecule has 0 aliphatic carbocycles. The van der Waals surface area contributed by atoms with E-state index in [9.17, 15) is 8.42 Å². The second kappa shape index (κ2) is 9.28. The van der Waals surface area contributed by atoms with Crippen LogP contribution in [0.15, 0.2) is 71.6 Å². The normalized spacial score (nSPS) is 11.1. The van der Waals surface area contributed by atoms with Gasteiger partial charge in [0.1, 0.15) is 5.75 Å². The quantitative estimate of drug-likeness (QED) is 0.498. The fraction of sp³-hybridized carbons (Fsp3) is 0.182. The van der Waals surface area contributed by atoms with Gasteiger partial charge in [-0.25, -0.2) is 8.42 Å². The van der Waals surface area contributed by atoms with E-state index in [1.54, 1.807) is 49.6 Å². The number of rotatable bonds is 8. The van der Waals surface area contributed by atoms with E-state index >= 15 is 0 Å². The van der Waals surface area contributed by atoms with Gasteiger partial charge in [-0.3, -0.25) is 4.31 Å². The van der Waals surface area contributed by atoms with Crippen molar-refractivity contribution in [3.63, 3.8) is 0 Å². The summed E-state index contributed by atoms with van der Waals surface area (Å²) in [5.74, 6) is 1.58. The van der Waals surface area contributed by atoms with Crippen LogP contribution in [-0.2, 0) is 16.6 Å². The molecule has 0 fully saturated rings. The van der Waals surface area contributed by atoms with Crippen molar-refractivity contribution in [2.75, 3.05) is 25.6 Å². The molecule has 30 heavy (non-hydrogen) atoms. The number of benzene rings is 3. The smallest absolute Gasteiger partial charge is 0.264 e. The van der Waals surface area contributed by atoms with Gasteiger partial charge in [-0.05, 0) is 54.1 Å². The van der Waals surface area contributed by atoms with Crippen molar-refractivity contribution in [3.8, 4) is 17.2 Å². The molecule has 0 aliphatic rings. The van der Waals surface area contributed by atoms with Crippen molar-refractivity contribution in [1.82, 2.24) is 0 Å². The third-order valence-electron chi connectivity index (χ3n) is 4.52. The van der Waals surface area contributed by atoms with Gasteiger partial charge in [-0.15, -0.1) is 0 Å². The molecule has 0 unspecified atom stereocenters. The molecule has 0 bridgehead atoms. The highest BCUT2D eigenvalue weighted by Crippen LogP contribution is 2.35. The minimum Gasteiger partial charge on any atom is -0.497 e. The van der Waals surface area contributed by atoms with E-state index in [-0.39, 0.29) is 11.4 Å². The molecule has 3 aromatic carbocycles. The lowest BCUT2D eigenvalue weighted by atomic mass is 10.2. The first-order valence-corrected chi connectivity index (χ1v) is 10.8. The number of halogens is 1. The SMILES string of the molecule is COc1cccc(CN(c2ccc(OC)c(OC)c2)S(=O)(=O)c2ccc(Cl)cc2)c1. The zero-order valence-electron chi connectivity index (χ0n) is 16.8. The summed E-state index contributed by atoms with van der Waals surface area (Å²) < 4.78 is 44.3. The van der Waals surface area contributed by atoms with E-state index in [1.165, 1.54) is 30.7 Å². The Balaban J connectivity index is 2.11. The molecule has 158 valence electrons. The molecule has 0 amide bonds. The van der Waals surface area contributed by atoms with Crippen LogP contribution in [0.1, 0.15) is 5.56 Å². The standard InChI is InChI=1S/C22H22ClNO5S/c1-27-19-6-4-5-16(13-19)15-24(18-9-12-21(28-2)22(14-18)29-3)30(25,26)20-10-7-17(23)8-11-20/h4-14H,15H2,1-3H3. The molecule has 8 heteroatoms. The zero-order valence-corrected chi connectivity index (χ0v) is 18.4. The summed E-state index contributed by atoms with van der Waals surface area (Å²) in [4.78, 5) is 0.129. The lowest BCUT2D eigenvalue weighted by Crippen LogP contribution is -2.30. The lowest BCUT2D eigenvalue weighted by Gasteiger charge is -2.25. The van der Waals surface area contributed by atoms with Gasteiger partial charge in [0.05, 0.1) is 38.5 Å². The second-order valence-electron chi connectivity index (χ2n) is 6.36. The summed E-state index contributed by atoms with van der Waals surface area (Å²) in [5.41, 5.74) is 1.20. The average molecular weight is 448 g/mol. The molecule has 6 nitrogen and oxygen atoms in total. The van der Waals surface area contributed by atoms with Crippen LogP contribution in [0, 0.1) is 0 Å². The average Bonchev–Trinajstić information content (AvgIpc) is 2.77. The van der Waals surface area contributed by atoms with E-state index in [4.69, 9.17) is 25.8 Å². The van der Waals surface area contributed by atoms with Crippen LogP contribution in [0.3, 0.4) is 0 Å². The van der Waals surface area contributed by atoms with Crippen LogP contribution in [0.4, 0.5) is 5.69 Å². The van der Waals surface area contributed by atoms with Crippen molar-refractivity contribution < 1.29 is 22.6 Å². The highest BCUT2D eigenvalue weighted by molar-refractivity contribution is 7.92. The molecule has 0 radical (unpaired) electrons. The van der Waals surface area contributed by atoms with E-state index in [1.807, 2.05) is 12.1 Å². The van der Waals surface area contributed by atoms with Gasteiger partial charge in [0.25, 0.3) is 10.0 Å². The first kappa shape index (κ1) is 21.8. The van der Waals surface area contributed by atoms with Crippen molar-refractivity contribution in [1.29, 1.82) is 0 Å². The van der Waals surface area contributed by atoms with Crippen LogP contribution in [0.2, 0.25) is 5.02 Å². The Labute approximate surface area is 181 Å². The Hall–Kier alpha value is -2.90. The Morgan fingerprint density at radius 2 is 1.53 bits per heavy atom. The molecular formula is C22H22ClNO5S. The first-order valence-electron chi connectivity index (χ1n) is 9.02. The predicted molar refractivity (Wildman–Crippen MR) is 117 cm³/mol. The van der Waals surface area contributed by atoms with Crippen LogP contribution in [0.5, 0.6) is 17.2 Å². The Morgan fingerprint density at radius 1 is 0.833 bits per heavy atom. The molecule has 3 aromatic rings. The van der Waals surface area contributed by atoms with Crippen molar-refractivity contribution in [3.05, 3.63) is 77.3 Å². The maximum Gasteiger partial charge on any atom is 0.264 e. The molecule has 0 aliphatic heterocycles. The van der Waals surface area contributed by atoms with Gasteiger partial charge in [0.15, 0.2) is 11.5 Å². The van der Waals surface area contributed by atoms with Crippen molar-refractivity contribution in [2.24, 2.45) is 0 Å². The molecule has 0 spiro atoms. The number of methoxy groups -OCH3 is 3. The van der Waals surface area contributed by atoms with E-state index in [0.29, 0.717) is 28.0 Å². The number of nitrogens with zero attached hydrogens (tertiary/aromatic N) is 1. The highest BCUT2D eigenvalue weighted by Gasteiger charge is 2.26. The fourth-order valence-electron chi connectivity index (χ4n) is 2.97. The van der Waals surface area contributed by atoms with Gasteiger partial charge in [-0.1, -0.05) is 23.7 Å². The monoisotopic (exact) mass is 447 g/mol. The van der Waals surface area contributed by atoms with Crippen LogP contribution >= 0.6 is 11.6 Å². The molecule has 0 heterocycles. The van der Waals surface area contributed by atoms with Crippen LogP contribution < -0.4 is 18.5 Å². The summed E-state index contributed by atoms with van der Waals surface area (Å²) in [6, 6.07) is 18.3. The predicted octanol–water partition coefficient (Wildman–Crippen LogP) is 4.76. The van der Waals surface area contributed by atoms with Crippen LogP contribution in [-0.4, -0.2) is 29.7 Å². The molecule has 3 rings (SSSR count). The minimum atomic E-state index is -3.90. The van der Waals surface area contributed by atoms with Gasteiger partial charge >= 0.3 is 0 Å². The highest BCUT2D eigenvalue weighted by atomic mass is 35.5. The molecule has 0 N–H and O–H groups in total. The summed E-state index contributed by atoms with van der Waals surface area (Å²) in [7, 11) is 0.695. The van der Waals surface area contributed by atoms with E-state index in [0.717, 1.165) is 5.56 Å². The number of hydrogen-bond donors (Lipinski definition) is 0. The fourth-order valence-corrected chi connectivity index (χ4v) is 4.54. The zero-order chi connectivity index (χ0) is 21.7. The summed E-state index contributed by atoms with van der Waals surface area (Å²) in [6.45, 7) is 0.0949. The maximum atomic E-state index is 13.5. The summed E-state index contributed by atoms with van der Waals surface area (Å²) in [5, 5.41) is 0.458. The van der Waals surface area contributed by atoms with Crippen molar-refractivity contribution >= 4 is 27.3 Å². The lowest BCUT2D eigenvalue weighted by molar-refractivity contribution is 0.355. The van der Waals surface area contributed by atoms with Crippen LogP contribution in [0.25, 0.3) is 0 Å². The van der Waals surface area contributed by atoms with Gasteiger partial charge in [-0.2, -0.15) is 0 Å². The Kier molecular flexibility index (Phi) is 6.74. The van der Waals surface area contributed by atoms with E-state index < -0.39 is 10.0 Å². The third-order valence-corrected chi connectivity index (χ3v) is 6.56. The number of anilines is 1. The first-order chi connectivity index (χ1) is 14.4. The Bertz CT molecular complexity index is 1120. The molecule has 0 atom stereocenters. The number of sulfonamides is 1. The van der Waals surface area contributed by atoms with Gasteiger partial charge in [0.2, 0.25) is 0 Å². The number of ether oxygens (including phenoxy) is 3. The molecule has 0 saturated heterocycles. The number of hydrogen-bond acceptors (Lipinski definition) is 5. The second-order valence-corrected chi connectivity index (χ2v) is 8.66. The van der Waals surface area contributed by atoms with Gasteiger partial charge in [0, 0.05) is 11.1 Å². The Morgan fingerprint density at radius 3 is 2.17 bits per heavy atom. The largest absolute Gasteiger partial charge is 0.497 e. The minimum absolute atomic E-state index is 0.0949. The summed E-state index contributed by atoms with van der Waals surface area (Å²) >= 11 is 5.94. The molecule has 0 saturated carbocycles. The topological polar surface area (TPSA) is 65.1 Å². The van der Waals surface area contributed by atoms with E-state index in [2.05, 4.69) is 0 Å². The maximum absolute atomic E-state index is 13.5. The molecular weight excluding hydrogens is 426 g/mol. The van der Waals surface area contributed by atoms with Gasteiger partial charge < -0.3 is 14.2 Å².